The maximum absolute atomic E-state index is 11.1. The Morgan fingerprint density at radius 2 is 2.15 bits per heavy atom. The molecule has 0 fully saturated rings. The molecule has 0 unspecified atom stereocenters. The molecule has 0 saturated carbocycles. The van der Waals surface area contributed by atoms with Gasteiger partial charge in [-0.2, -0.15) is 0 Å². The van der Waals surface area contributed by atoms with Crippen molar-refractivity contribution in [1.82, 2.24) is 4.98 Å². The first-order chi connectivity index (χ1) is 9.69. The SMILES string of the molecule is CCN(CCCO)c1ccc([N+](=O)[O-])c2cnccc12. The van der Waals surface area contributed by atoms with Crippen LogP contribution in [0, 0.1) is 10.1 Å². The predicted molar refractivity (Wildman–Crippen MR) is 78.0 cm³/mol. The number of aliphatic hydroxyl groups excluding tert-OH is 1. The Labute approximate surface area is 116 Å². The molecule has 0 radical (unpaired) electrons. The van der Waals surface area contributed by atoms with Gasteiger partial charge >= 0.3 is 0 Å². The van der Waals surface area contributed by atoms with Crippen LogP contribution in [0.4, 0.5) is 11.4 Å². The second-order valence-corrected chi connectivity index (χ2v) is 4.44. The highest BCUT2D eigenvalue weighted by molar-refractivity contribution is 5.99. The highest BCUT2D eigenvalue weighted by atomic mass is 16.6. The van der Waals surface area contributed by atoms with E-state index in [1.54, 1.807) is 18.3 Å². The fourth-order valence-corrected chi connectivity index (χ4v) is 2.30. The molecule has 0 atom stereocenters. The number of benzene rings is 1. The molecular weight excluding hydrogens is 258 g/mol. The summed E-state index contributed by atoms with van der Waals surface area (Å²) in [5.74, 6) is 0. The first kappa shape index (κ1) is 14.2. The maximum Gasteiger partial charge on any atom is 0.278 e. The Kier molecular flexibility index (Phi) is 4.47. The molecule has 2 rings (SSSR count). The molecule has 0 bridgehead atoms. The molecule has 1 aromatic carbocycles. The molecular formula is C14H17N3O3. The highest BCUT2D eigenvalue weighted by Gasteiger charge is 2.16. The zero-order valence-corrected chi connectivity index (χ0v) is 11.3. The summed E-state index contributed by atoms with van der Waals surface area (Å²) in [6.07, 6.45) is 3.82. The normalized spacial score (nSPS) is 10.7. The highest BCUT2D eigenvalue weighted by Crippen LogP contribution is 2.32. The van der Waals surface area contributed by atoms with E-state index in [2.05, 4.69) is 9.88 Å². The fraction of sp³-hybridized carbons (Fsp3) is 0.357. The number of nitro groups is 1. The van der Waals surface area contributed by atoms with Gasteiger partial charge in [0.15, 0.2) is 0 Å². The van der Waals surface area contributed by atoms with Gasteiger partial charge in [-0.05, 0) is 25.5 Å². The molecule has 1 aromatic heterocycles. The van der Waals surface area contributed by atoms with Gasteiger partial charge in [0.1, 0.15) is 0 Å². The Hall–Kier alpha value is -2.21. The van der Waals surface area contributed by atoms with Crippen molar-refractivity contribution in [2.45, 2.75) is 13.3 Å². The number of non-ortho nitro benzene ring substituents is 1. The summed E-state index contributed by atoms with van der Waals surface area (Å²) in [6.45, 7) is 3.63. The quantitative estimate of drug-likeness (QED) is 0.646. The molecule has 106 valence electrons. The van der Waals surface area contributed by atoms with E-state index < -0.39 is 4.92 Å². The number of fused-ring (bicyclic) bond motifs is 1. The van der Waals surface area contributed by atoms with Crippen molar-refractivity contribution in [3.63, 3.8) is 0 Å². The maximum atomic E-state index is 11.1. The molecule has 0 saturated heterocycles. The molecule has 6 heteroatoms. The van der Waals surface area contributed by atoms with Gasteiger partial charge in [0.25, 0.3) is 5.69 Å². The molecule has 0 aliphatic rings. The Balaban J connectivity index is 2.54. The van der Waals surface area contributed by atoms with E-state index in [4.69, 9.17) is 5.11 Å². The van der Waals surface area contributed by atoms with Crippen LogP contribution in [0.3, 0.4) is 0 Å². The number of aliphatic hydroxyl groups is 1. The minimum absolute atomic E-state index is 0.0649. The van der Waals surface area contributed by atoms with E-state index in [1.165, 1.54) is 12.3 Å². The van der Waals surface area contributed by atoms with Gasteiger partial charge in [0.2, 0.25) is 0 Å². The van der Waals surface area contributed by atoms with Crippen LogP contribution in [0.15, 0.2) is 30.6 Å². The van der Waals surface area contributed by atoms with E-state index in [1.807, 2.05) is 6.92 Å². The molecule has 0 aliphatic heterocycles. The lowest BCUT2D eigenvalue weighted by molar-refractivity contribution is -0.383. The lowest BCUT2D eigenvalue weighted by atomic mass is 10.1. The minimum Gasteiger partial charge on any atom is -0.396 e. The molecule has 6 nitrogen and oxygen atoms in total. The third-order valence-electron chi connectivity index (χ3n) is 3.28. The molecule has 0 spiro atoms. The van der Waals surface area contributed by atoms with Gasteiger partial charge in [-0.1, -0.05) is 0 Å². The van der Waals surface area contributed by atoms with Gasteiger partial charge in [-0.25, -0.2) is 0 Å². The zero-order valence-electron chi connectivity index (χ0n) is 11.3. The third kappa shape index (κ3) is 2.70. The van der Waals surface area contributed by atoms with Crippen LogP contribution in [0.5, 0.6) is 0 Å². The number of nitrogens with zero attached hydrogens (tertiary/aromatic N) is 3. The van der Waals surface area contributed by atoms with Crippen molar-refractivity contribution in [3.8, 4) is 0 Å². The molecule has 0 aliphatic carbocycles. The number of hydrogen-bond donors (Lipinski definition) is 1. The van der Waals surface area contributed by atoms with E-state index in [0.29, 0.717) is 18.4 Å². The Morgan fingerprint density at radius 3 is 2.80 bits per heavy atom. The van der Waals surface area contributed by atoms with Gasteiger partial charge in [0.05, 0.1) is 10.3 Å². The summed E-state index contributed by atoms with van der Waals surface area (Å²) >= 11 is 0. The van der Waals surface area contributed by atoms with E-state index >= 15 is 0 Å². The van der Waals surface area contributed by atoms with Gasteiger partial charge in [-0.15, -0.1) is 0 Å². The van der Waals surface area contributed by atoms with Crippen LogP contribution in [0.2, 0.25) is 0 Å². The average molecular weight is 275 g/mol. The minimum atomic E-state index is -0.391. The first-order valence-electron chi connectivity index (χ1n) is 6.56. The van der Waals surface area contributed by atoms with E-state index in [0.717, 1.165) is 17.6 Å². The van der Waals surface area contributed by atoms with Crippen molar-refractivity contribution in [3.05, 3.63) is 40.7 Å². The molecule has 0 amide bonds. The average Bonchev–Trinajstić information content (AvgIpc) is 2.47. The summed E-state index contributed by atoms with van der Waals surface area (Å²) < 4.78 is 0. The van der Waals surface area contributed by atoms with Crippen LogP contribution < -0.4 is 4.90 Å². The summed E-state index contributed by atoms with van der Waals surface area (Å²) in [6, 6.07) is 5.07. The topological polar surface area (TPSA) is 79.5 Å². The van der Waals surface area contributed by atoms with Crippen molar-refractivity contribution in [2.24, 2.45) is 0 Å². The lowest BCUT2D eigenvalue weighted by Crippen LogP contribution is -2.24. The van der Waals surface area contributed by atoms with Crippen molar-refractivity contribution >= 4 is 22.1 Å². The molecule has 1 N–H and O–H groups in total. The summed E-state index contributed by atoms with van der Waals surface area (Å²) in [5.41, 5.74) is 0.999. The summed E-state index contributed by atoms with van der Waals surface area (Å²) in [7, 11) is 0. The number of rotatable bonds is 6. The zero-order chi connectivity index (χ0) is 14.5. The van der Waals surface area contributed by atoms with Gasteiger partial charge in [0, 0.05) is 49.2 Å². The van der Waals surface area contributed by atoms with Gasteiger partial charge in [-0.3, -0.25) is 15.1 Å². The monoisotopic (exact) mass is 275 g/mol. The van der Waals surface area contributed by atoms with Crippen molar-refractivity contribution in [2.75, 3.05) is 24.6 Å². The number of anilines is 1. The molecule has 2 aromatic rings. The fourth-order valence-electron chi connectivity index (χ4n) is 2.30. The number of nitro benzene ring substituents is 1. The van der Waals surface area contributed by atoms with Crippen molar-refractivity contribution in [1.29, 1.82) is 0 Å². The number of pyridine rings is 1. The smallest absolute Gasteiger partial charge is 0.278 e. The standard InChI is InChI=1S/C14H17N3O3/c1-2-16(8-3-9-18)13-4-5-14(17(19)20)12-10-15-7-6-11(12)13/h4-7,10,18H,2-3,8-9H2,1H3. The van der Waals surface area contributed by atoms with Crippen LogP contribution in [0.25, 0.3) is 10.8 Å². The van der Waals surface area contributed by atoms with Crippen LogP contribution in [0.1, 0.15) is 13.3 Å². The van der Waals surface area contributed by atoms with Crippen LogP contribution >= 0.6 is 0 Å². The van der Waals surface area contributed by atoms with Crippen LogP contribution in [-0.2, 0) is 0 Å². The molecule has 1 heterocycles. The second kappa shape index (κ2) is 6.29. The molecule has 20 heavy (non-hydrogen) atoms. The number of hydrogen-bond acceptors (Lipinski definition) is 5. The number of aromatic nitrogens is 1. The second-order valence-electron chi connectivity index (χ2n) is 4.44. The van der Waals surface area contributed by atoms with E-state index in [9.17, 15) is 10.1 Å². The largest absolute Gasteiger partial charge is 0.396 e. The Bertz CT molecular complexity index is 616. The third-order valence-corrected chi connectivity index (χ3v) is 3.28. The summed E-state index contributed by atoms with van der Waals surface area (Å²) in [5, 5.41) is 21.4. The van der Waals surface area contributed by atoms with E-state index in [-0.39, 0.29) is 12.3 Å². The Morgan fingerprint density at radius 1 is 1.35 bits per heavy atom. The predicted octanol–water partition coefficient (Wildman–Crippen LogP) is 2.35. The van der Waals surface area contributed by atoms with Gasteiger partial charge < -0.3 is 10.0 Å². The lowest BCUT2D eigenvalue weighted by Gasteiger charge is -2.24. The summed E-state index contributed by atoms with van der Waals surface area (Å²) in [4.78, 5) is 16.8. The first-order valence-corrected chi connectivity index (χ1v) is 6.56. The van der Waals surface area contributed by atoms with Crippen LogP contribution in [-0.4, -0.2) is 34.7 Å². The van der Waals surface area contributed by atoms with Crippen molar-refractivity contribution < 1.29 is 10.0 Å².